The lowest BCUT2D eigenvalue weighted by Gasteiger charge is -2.48. The lowest BCUT2D eigenvalue weighted by molar-refractivity contribution is -0.379. The zero-order valence-electron chi connectivity index (χ0n) is 44.4. The predicted octanol–water partition coefficient (Wildman–Crippen LogP) is -3.29. The number of anilines is 1. The van der Waals surface area contributed by atoms with Crippen molar-refractivity contribution in [2.45, 2.75) is 137 Å². The van der Waals surface area contributed by atoms with E-state index in [1.807, 2.05) is 74.1 Å². The van der Waals surface area contributed by atoms with Crippen LogP contribution in [-0.4, -0.2) is 229 Å². The minimum atomic E-state index is -1.95. The Kier molecular flexibility index (Phi) is 21.7. The third-order valence-electron chi connectivity index (χ3n) is 14.4. The molecule has 12 N–H and O–H groups in total. The minimum absolute atomic E-state index is 0.0955. The summed E-state index contributed by atoms with van der Waals surface area (Å²) < 4.78 is 41.9. The van der Waals surface area contributed by atoms with E-state index in [1.54, 1.807) is 12.1 Å². The van der Waals surface area contributed by atoms with Gasteiger partial charge in [0.05, 0.1) is 31.9 Å². The standard InChI is InChI=1S/C54H74N4O21/c1-57(2)28-13-16-31-34(22-28)74-35-23-29(58(3)4)14-17-32(35)40(31)30-15-12-27(21-33(30)51(71)72)50(70)56-19-18-55-39(62)11-9-7-5-6-8-10-20-73-52-46(68)43(65)48(37(25-60)76-52)79-54-47(69)44(66)49(38(26-61)77-54)78-53-45(67)42(64)41(63)36(24-59)75-53/h12-17,21-23,36-38,41-49,52-54,59-61,63-69H,5-11,18-20,24-26H2,1-4H3,(H2-,55,56,62,70,71,72)/t36-,37-,38-,41+,42+,43-,44-,45-,46-,47-,48-,49+,52-,53-,54+/m1/s1. The number of carboxylic acid groups (broad SMARTS) is 1. The van der Waals surface area contributed by atoms with E-state index in [1.165, 1.54) is 6.07 Å². The predicted molar refractivity (Wildman–Crippen MR) is 277 cm³/mol. The monoisotopic (exact) mass is 1110 g/mol. The molecule has 2 aromatic carbocycles. The van der Waals surface area contributed by atoms with Gasteiger partial charge in [0, 0.05) is 85.7 Å². The van der Waals surface area contributed by atoms with E-state index in [9.17, 15) is 70.6 Å². The molecular weight excluding hydrogens is 1040 g/mol. The molecule has 79 heavy (non-hydrogen) atoms. The Balaban J connectivity index is 0.795. The molecule has 0 spiro atoms. The molecule has 25 heteroatoms. The van der Waals surface area contributed by atoms with Crippen LogP contribution >= 0.6 is 0 Å². The number of carboxylic acids is 1. The van der Waals surface area contributed by atoms with Crippen molar-refractivity contribution in [3.8, 4) is 22.5 Å². The van der Waals surface area contributed by atoms with Crippen LogP contribution in [0.2, 0.25) is 0 Å². The summed E-state index contributed by atoms with van der Waals surface area (Å²) in [6.07, 6.45) is -20.4. The summed E-state index contributed by atoms with van der Waals surface area (Å²) in [6, 6.07) is 15.8. The zero-order chi connectivity index (χ0) is 57.2. The fraction of sp³-hybridized carbons (Fsp3) is 0.593. The lowest BCUT2D eigenvalue weighted by atomic mass is 9.89. The molecule has 25 nitrogen and oxygen atoms in total. The number of aromatic carboxylic acids is 1. The van der Waals surface area contributed by atoms with Crippen molar-refractivity contribution >= 4 is 34.4 Å². The van der Waals surface area contributed by atoms with Gasteiger partial charge in [-0.15, -0.1) is 0 Å². The van der Waals surface area contributed by atoms with Gasteiger partial charge in [-0.05, 0) is 48.7 Å². The smallest absolute Gasteiger partial charge is 0.251 e. The van der Waals surface area contributed by atoms with Crippen molar-refractivity contribution in [3.05, 3.63) is 71.1 Å². The number of ether oxygens (including phenoxy) is 6. The van der Waals surface area contributed by atoms with Crippen LogP contribution in [0.15, 0.2) is 59.0 Å². The Morgan fingerprint density at radius 2 is 1.20 bits per heavy atom. The highest BCUT2D eigenvalue weighted by Gasteiger charge is 2.53. The summed E-state index contributed by atoms with van der Waals surface area (Å²) in [4.78, 5) is 40.4. The number of nitrogens with zero attached hydrogens (tertiary/aromatic N) is 2. The maximum Gasteiger partial charge on any atom is 0.251 e. The van der Waals surface area contributed by atoms with E-state index in [0.29, 0.717) is 46.3 Å². The van der Waals surface area contributed by atoms with E-state index in [-0.39, 0.29) is 43.2 Å². The average molecular weight is 1120 g/mol. The Morgan fingerprint density at radius 1 is 0.633 bits per heavy atom. The number of hydrogen-bond donors (Lipinski definition) is 12. The molecule has 15 atom stereocenters. The molecule has 436 valence electrons. The van der Waals surface area contributed by atoms with E-state index < -0.39 is 124 Å². The van der Waals surface area contributed by atoms with Crippen LogP contribution in [0.25, 0.3) is 33.4 Å². The van der Waals surface area contributed by atoms with E-state index >= 15 is 0 Å². The van der Waals surface area contributed by atoms with Gasteiger partial charge in [-0.1, -0.05) is 31.7 Å². The van der Waals surface area contributed by atoms with Crippen LogP contribution in [0.1, 0.15) is 65.7 Å². The lowest BCUT2D eigenvalue weighted by Crippen LogP contribution is -2.66. The normalized spacial score (nSPS) is 29.1. The number of carbonyl (C=O) groups excluding carboxylic acids is 3. The van der Waals surface area contributed by atoms with Gasteiger partial charge >= 0.3 is 0 Å². The quantitative estimate of drug-likeness (QED) is 0.0186. The number of unbranched alkanes of at least 4 members (excludes halogenated alkanes) is 5. The summed E-state index contributed by atoms with van der Waals surface area (Å²) in [6.45, 7) is -2.00. The van der Waals surface area contributed by atoms with Crippen molar-refractivity contribution in [2.24, 2.45) is 0 Å². The van der Waals surface area contributed by atoms with E-state index in [2.05, 4.69) is 10.6 Å². The van der Waals surface area contributed by atoms with Crippen molar-refractivity contribution < 1.29 is 103 Å². The molecular formula is C54H74N4O21. The van der Waals surface area contributed by atoms with Gasteiger partial charge in [-0.25, -0.2) is 4.58 Å². The highest BCUT2D eigenvalue weighted by Crippen LogP contribution is 2.42. The Bertz CT molecular complexity index is 2720. The topological polar surface area (TPSA) is 375 Å². The summed E-state index contributed by atoms with van der Waals surface area (Å²) in [5, 5.41) is 124. The zero-order valence-corrected chi connectivity index (χ0v) is 44.4. The SMILES string of the molecule is CN(C)c1ccc2c(-c3ccc(C(=O)NCCNC(=O)CCCCCCCCO[C@@H]4O[C@H](CO)[C@@H](O[C@@H]5O[C@H](CO)[C@H](O[C@H]6O[C@H](CO)[C@H](O)[C@H](O)[C@H]6O)[C@H](O)[C@H]5O)[C@H](O)[C@H]4O)cc3C(=O)[O-])c3ccc(=[N+](C)C)cc-3oc2c1. The fourth-order valence-electron chi connectivity index (χ4n) is 9.83. The van der Waals surface area contributed by atoms with Crippen molar-refractivity contribution in [3.63, 3.8) is 0 Å². The number of benzene rings is 3. The number of amides is 2. The molecule has 0 radical (unpaired) electrons. The Hall–Kier alpha value is -5.30. The molecule has 7 rings (SSSR count). The van der Waals surface area contributed by atoms with Crippen LogP contribution in [0.4, 0.5) is 5.69 Å². The third-order valence-corrected chi connectivity index (χ3v) is 14.4. The first kappa shape index (κ1) is 61.3. The van der Waals surface area contributed by atoms with Gasteiger partial charge in [-0.3, -0.25) is 9.59 Å². The van der Waals surface area contributed by atoms with Gasteiger partial charge < -0.3 is 109 Å². The first-order valence-electron chi connectivity index (χ1n) is 26.3. The second kappa shape index (κ2) is 27.9. The minimum Gasteiger partial charge on any atom is -0.545 e. The number of aliphatic hydroxyl groups excluding tert-OH is 10. The summed E-state index contributed by atoms with van der Waals surface area (Å²) in [5.74, 6) is -1.63. The van der Waals surface area contributed by atoms with E-state index in [0.717, 1.165) is 36.7 Å². The van der Waals surface area contributed by atoms with Gasteiger partial charge in [0.25, 0.3) is 5.91 Å². The number of fused-ring (bicyclic) bond motifs is 2. The molecule has 4 aliphatic heterocycles. The van der Waals surface area contributed by atoms with Crippen LogP contribution < -0.4 is 30.6 Å². The third kappa shape index (κ3) is 14.4. The van der Waals surface area contributed by atoms with Crippen LogP contribution in [0.3, 0.4) is 0 Å². The van der Waals surface area contributed by atoms with Gasteiger partial charge in [-0.2, -0.15) is 0 Å². The number of carbonyl (C=O) groups is 3. The molecule has 1 aliphatic carbocycles. The highest BCUT2D eigenvalue weighted by molar-refractivity contribution is 6.09. The molecule has 3 saturated heterocycles. The fourth-order valence-corrected chi connectivity index (χ4v) is 9.83. The van der Waals surface area contributed by atoms with Gasteiger partial charge in [0.2, 0.25) is 11.3 Å². The summed E-state index contributed by atoms with van der Waals surface area (Å²) >= 11 is 0. The first-order chi connectivity index (χ1) is 37.8. The van der Waals surface area contributed by atoms with Crippen LogP contribution in [0, 0.1) is 0 Å². The number of rotatable bonds is 24. The molecule has 2 aromatic rings. The average Bonchev–Trinajstić information content (AvgIpc) is 3.64. The largest absolute Gasteiger partial charge is 0.545 e. The van der Waals surface area contributed by atoms with Crippen molar-refractivity contribution in [1.29, 1.82) is 0 Å². The summed E-state index contributed by atoms with van der Waals surface area (Å²) in [7, 11) is 7.64. The number of aliphatic hydroxyl groups is 10. The molecule has 0 bridgehead atoms. The molecule has 0 aromatic heterocycles. The molecule has 3 fully saturated rings. The van der Waals surface area contributed by atoms with Gasteiger partial charge in [0.15, 0.2) is 18.9 Å². The van der Waals surface area contributed by atoms with Crippen LogP contribution in [0.5, 0.6) is 0 Å². The maximum atomic E-state index is 13.2. The van der Waals surface area contributed by atoms with Crippen molar-refractivity contribution in [1.82, 2.24) is 15.2 Å². The second-order valence-electron chi connectivity index (χ2n) is 20.3. The Morgan fingerprint density at radius 3 is 1.82 bits per heavy atom. The first-order valence-corrected chi connectivity index (χ1v) is 26.3. The van der Waals surface area contributed by atoms with E-state index in [4.69, 9.17) is 32.8 Å². The van der Waals surface area contributed by atoms with Crippen LogP contribution in [-0.2, 0) is 33.2 Å². The maximum absolute atomic E-state index is 13.2. The second-order valence-corrected chi connectivity index (χ2v) is 20.3. The highest BCUT2D eigenvalue weighted by atomic mass is 16.8. The molecule has 0 unspecified atom stereocenters. The Labute approximate surface area is 455 Å². The number of nitrogens with one attached hydrogen (secondary N) is 2. The molecule has 5 aliphatic rings. The van der Waals surface area contributed by atoms with Gasteiger partial charge in [0.1, 0.15) is 98.7 Å². The molecule has 0 saturated carbocycles. The molecule has 2 amide bonds. The molecule has 4 heterocycles. The number of hydrogen-bond acceptors (Lipinski definition) is 22. The van der Waals surface area contributed by atoms with Crippen molar-refractivity contribution in [2.75, 3.05) is 72.6 Å². The summed E-state index contributed by atoms with van der Waals surface area (Å²) in [5.41, 5.74) is 3.03.